The summed E-state index contributed by atoms with van der Waals surface area (Å²) >= 11 is 1.42. The van der Waals surface area contributed by atoms with Crippen LogP contribution in [0.3, 0.4) is 0 Å². The maximum atomic E-state index is 9.03. The highest BCUT2D eigenvalue weighted by molar-refractivity contribution is 7.19. The minimum Gasteiger partial charge on any atom is -0.484 e. The van der Waals surface area contributed by atoms with E-state index in [4.69, 9.17) is 35.3 Å². The van der Waals surface area contributed by atoms with Crippen LogP contribution in [-0.4, -0.2) is 20.3 Å². The van der Waals surface area contributed by atoms with Crippen molar-refractivity contribution in [3.8, 4) is 57.3 Å². The number of hydrogen-bond donors (Lipinski definition) is 1. The molecule has 3 aromatic heterocycles. The Kier molecular flexibility index (Phi) is 6.36. The van der Waals surface area contributed by atoms with Crippen LogP contribution in [0.25, 0.3) is 33.4 Å². The Hall–Kier alpha value is -4.58. The van der Waals surface area contributed by atoms with Crippen molar-refractivity contribution < 1.29 is 18.3 Å². The van der Waals surface area contributed by atoms with Crippen LogP contribution in [0.5, 0.6) is 11.5 Å². The van der Waals surface area contributed by atoms with Gasteiger partial charge in [0.05, 0.1) is 0 Å². The molecular weight excluding hydrogens is 438 g/mol. The Morgan fingerprint density at radius 3 is 2.21 bits per heavy atom. The van der Waals surface area contributed by atoms with E-state index in [1.165, 1.54) is 17.4 Å². The molecular formula is C25H17N3O4S. The number of hydrogen-bond acceptors (Lipinski definition) is 8. The van der Waals surface area contributed by atoms with Gasteiger partial charge in [0, 0.05) is 13.1 Å². The number of fused-ring (bicyclic) bond motifs is 1. The first-order valence-electron chi connectivity index (χ1n) is 9.84. The second-order valence-electron chi connectivity index (χ2n) is 6.63. The largest absolute Gasteiger partial charge is 0.484 e. The van der Waals surface area contributed by atoms with Crippen molar-refractivity contribution in [2.45, 2.75) is 0 Å². The summed E-state index contributed by atoms with van der Waals surface area (Å²) in [5.74, 6) is 5.79. The van der Waals surface area contributed by atoms with Crippen molar-refractivity contribution in [3.63, 3.8) is 0 Å². The molecule has 8 heteroatoms. The van der Waals surface area contributed by atoms with Crippen LogP contribution in [0.1, 0.15) is 11.5 Å². The van der Waals surface area contributed by atoms with Crippen LogP contribution in [0.4, 0.5) is 0 Å². The molecule has 3 aromatic rings. The minimum atomic E-state index is 0.173. The molecule has 1 N–H and O–H groups in total. The summed E-state index contributed by atoms with van der Waals surface area (Å²) in [5, 5.41) is 20.8. The summed E-state index contributed by atoms with van der Waals surface area (Å²) in [6.07, 6.45) is 12.0. The zero-order valence-corrected chi connectivity index (χ0v) is 18.4. The Morgan fingerprint density at radius 2 is 1.64 bits per heavy atom. The molecule has 0 saturated heterocycles. The molecule has 0 atom stereocenters. The first-order chi connectivity index (χ1) is 16.2. The first-order valence-corrected chi connectivity index (χ1v) is 10.7. The highest BCUT2D eigenvalue weighted by atomic mass is 32.1. The van der Waals surface area contributed by atoms with Crippen molar-refractivity contribution >= 4 is 23.5 Å². The zero-order chi connectivity index (χ0) is 23.2. The number of nitriles is 2. The van der Waals surface area contributed by atoms with Gasteiger partial charge in [0.1, 0.15) is 69.4 Å². The molecule has 1 aliphatic rings. The number of allylic oxidation sites excluding steroid dienone is 4. The smallest absolute Gasteiger partial charge is 0.183 e. The number of rotatable bonds is 6. The third kappa shape index (κ3) is 4.55. The van der Waals surface area contributed by atoms with Gasteiger partial charge in [-0.15, -0.1) is 17.8 Å². The average Bonchev–Trinajstić information content (AvgIpc) is 3.58. The van der Waals surface area contributed by atoms with Gasteiger partial charge in [-0.1, -0.05) is 12.0 Å². The molecule has 7 nitrogen and oxygen atoms in total. The van der Waals surface area contributed by atoms with Gasteiger partial charge in [0.2, 0.25) is 0 Å². The van der Waals surface area contributed by atoms with Crippen LogP contribution >= 0.6 is 11.3 Å². The predicted octanol–water partition coefficient (Wildman–Crippen LogP) is 5.22. The van der Waals surface area contributed by atoms with E-state index in [0.29, 0.717) is 53.5 Å². The second-order valence-corrected chi connectivity index (χ2v) is 7.66. The molecule has 0 radical (unpaired) electrons. The molecule has 33 heavy (non-hydrogen) atoms. The zero-order valence-electron chi connectivity index (χ0n) is 17.5. The second kappa shape index (κ2) is 9.70. The molecule has 0 bridgehead atoms. The predicted molar refractivity (Wildman–Crippen MR) is 125 cm³/mol. The average molecular weight is 455 g/mol. The summed E-state index contributed by atoms with van der Waals surface area (Å²) in [4.78, 5) is 1.53. The molecule has 0 fully saturated rings. The van der Waals surface area contributed by atoms with E-state index in [2.05, 4.69) is 11.2 Å². The highest BCUT2D eigenvalue weighted by Crippen LogP contribution is 2.54. The molecule has 0 unspecified atom stereocenters. The van der Waals surface area contributed by atoms with Crippen molar-refractivity contribution in [2.24, 2.45) is 0 Å². The Balaban J connectivity index is 1.68. The lowest BCUT2D eigenvalue weighted by Crippen LogP contribution is -2.14. The van der Waals surface area contributed by atoms with Gasteiger partial charge in [0.15, 0.2) is 11.5 Å². The maximum absolute atomic E-state index is 9.03. The molecule has 0 aliphatic carbocycles. The van der Waals surface area contributed by atoms with E-state index >= 15 is 0 Å². The summed E-state index contributed by atoms with van der Waals surface area (Å²) in [7, 11) is 1.68. The SMILES string of the molecule is C#C/C(C#N)=C/c1ccc(-c2sc(-c3ccc(/C=C/C=C(\C#N)NC)o3)c3c2OCCO3)o1. The highest BCUT2D eigenvalue weighted by Gasteiger charge is 2.29. The Morgan fingerprint density at radius 1 is 1.00 bits per heavy atom. The number of ether oxygens (including phenoxy) is 2. The molecule has 4 rings (SSSR count). The first kappa shape index (κ1) is 21.6. The van der Waals surface area contributed by atoms with E-state index in [-0.39, 0.29) is 5.57 Å². The lowest BCUT2D eigenvalue weighted by molar-refractivity contribution is 0.174. The quantitative estimate of drug-likeness (QED) is 0.309. The van der Waals surface area contributed by atoms with Crippen LogP contribution in [0.2, 0.25) is 0 Å². The van der Waals surface area contributed by atoms with Crippen molar-refractivity contribution in [1.82, 2.24) is 5.32 Å². The van der Waals surface area contributed by atoms with Crippen molar-refractivity contribution in [3.05, 3.63) is 59.2 Å². The van der Waals surface area contributed by atoms with Gasteiger partial charge in [-0.2, -0.15) is 10.5 Å². The minimum absolute atomic E-state index is 0.173. The molecule has 0 amide bonds. The maximum Gasteiger partial charge on any atom is 0.183 e. The van der Waals surface area contributed by atoms with Crippen LogP contribution in [0, 0.1) is 35.0 Å². The molecule has 162 valence electrons. The van der Waals surface area contributed by atoms with Gasteiger partial charge in [0.25, 0.3) is 0 Å². The normalized spacial score (nSPS) is 13.4. The topological polar surface area (TPSA) is 104 Å². The molecule has 4 heterocycles. The van der Waals surface area contributed by atoms with Gasteiger partial charge >= 0.3 is 0 Å². The fourth-order valence-electron chi connectivity index (χ4n) is 3.06. The number of furan rings is 2. The summed E-state index contributed by atoms with van der Waals surface area (Å²) in [5.41, 5.74) is 0.615. The third-order valence-corrected chi connectivity index (χ3v) is 5.76. The van der Waals surface area contributed by atoms with Crippen LogP contribution < -0.4 is 14.8 Å². The van der Waals surface area contributed by atoms with E-state index in [9.17, 15) is 0 Å². The number of thiophene rings is 1. The van der Waals surface area contributed by atoms with Gasteiger partial charge < -0.3 is 23.6 Å². The Bertz CT molecular complexity index is 1380. The van der Waals surface area contributed by atoms with Crippen molar-refractivity contribution in [2.75, 3.05) is 20.3 Å². The van der Waals surface area contributed by atoms with Crippen molar-refractivity contribution in [1.29, 1.82) is 10.5 Å². The molecule has 1 aliphatic heterocycles. The third-order valence-electron chi connectivity index (χ3n) is 4.58. The monoisotopic (exact) mass is 455 g/mol. The van der Waals surface area contributed by atoms with E-state index < -0.39 is 0 Å². The lowest BCUT2D eigenvalue weighted by Gasteiger charge is -2.16. The lowest BCUT2D eigenvalue weighted by atomic mass is 10.2. The van der Waals surface area contributed by atoms with Gasteiger partial charge in [-0.25, -0.2) is 0 Å². The summed E-state index contributed by atoms with van der Waals surface area (Å²) in [6.45, 7) is 0.847. The standard InChI is InChI=1S/C25H17N3O4S/c1-3-16(14-26)13-19-8-10-21(32-19)25-23-22(29-11-12-30-23)24(33-25)20-9-7-18(31-20)6-4-5-17(15-27)28-2/h1,4-10,13,28H,11-12H2,2H3/b6-4+,16-13-,17-5+. The molecule has 0 spiro atoms. The van der Waals surface area contributed by atoms with Crippen LogP contribution in [-0.2, 0) is 0 Å². The fourth-order valence-corrected chi connectivity index (χ4v) is 4.17. The van der Waals surface area contributed by atoms with E-state index in [0.717, 1.165) is 9.75 Å². The summed E-state index contributed by atoms with van der Waals surface area (Å²) < 4.78 is 23.7. The Labute approximate surface area is 194 Å². The fraction of sp³-hybridized carbons (Fsp3) is 0.120. The van der Waals surface area contributed by atoms with E-state index in [1.54, 1.807) is 37.4 Å². The molecule has 0 saturated carbocycles. The van der Waals surface area contributed by atoms with Gasteiger partial charge in [-0.3, -0.25) is 0 Å². The van der Waals surface area contributed by atoms with Crippen LogP contribution in [0.15, 0.2) is 56.5 Å². The number of nitrogens with zero attached hydrogens (tertiary/aromatic N) is 2. The number of nitrogens with one attached hydrogen (secondary N) is 1. The number of terminal acetylenes is 1. The van der Waals surface area contributed by atoms with E-state index in [1.807, 2.05) is 24.3 Å². The summed E-state index contributed by atoms with van der Waals surface area (Å²) in [6, 6.07) is 11.2. The van der Waals surface area contributed by atoms with Gasteiger partial charge in [-0.05, 0) is 36.4 Å². The molecule has 0 aromatic carbocycles.